The molecule has 1 amide bonds. The molecule has 0 saturated carbocycles. The van der Waals surface area contributed by atoms with Gasteiger partial charge in [-0.15, -0.1) is 11.3 Å². The molecular weight excluding hydrogens is 378 g/mol. The zero-order chi connectivity index (χ0) is 19.2. The number of nitrogens with zero attached hydrogens (tertiary/aromatic N) is 3. The zero-order valence-corrected chi connectivity index (χ0v) is 17.6. The lowest BCUT2D eigenvalue weighted by atomic mass is 10.3. The third-order valence-electron chi connectivity index (χ3n) is 4.10. The predicted octanol–water partition coefficient (Wildman–Crippen LogP) is 4.28. The summed E-state index contributed by atoms with van der Waals surface area (Å²) in [7, 11) is 4.09. The Morgan fingerprint density at radius 1 is 1.19 bits per heavy atom. The molecule has 7 heteroatoms. The maximum atomic E-state index is 13.0. The summed E-state index contributed by atoms with van der Waals surface area (Å²) in [5, 5.41) is 2.75. The number of anilines is 1. The van der Waals surface area contributed by atoms with Gasteiger partial charge in [-0.2, -0.15) is 0 Å². The van der Waals surface area contributed by atoms with E-state index in [2.05, 4.69) is 4.90 Å². The van der Waals surface area contributed by atoms with Crippen molar-refractivity contribution in [3.63, 3.8) is 0 Å². The van der Waals surface area contributed by atoms with Crippen molar-refractivity contribution < 1.29 is 9.53 Å². The van der Waals surface area contributed by atoms with Gasteiger partial charge in [0.05, 0.1) is 17.7 Å². The summed E-state index contributed by atoms with van der Waals surface area (Å²) < 4.78 is 6.75. The molecule has 2 aromatic heterocycles. The number of carbonyl (C=O) groups is 1. The molecule has 0 radical (unpaired) electrons. The van der Waals surface area contributed by atoms with E-state index in [9.17, 15) is 4.79 Å². The number of thiophene rings is 1. The first-order valence-corrected chi connectivity index (χ1v) is 10.8. The number of para-hydroxylation sites is 1. The van der Waals surface area contributed by atoms with Crippen molar-refractivity contribution in [2.75, 3.05) is 38.7 Å². The Balaban J connectivity index is 1.87. The number of ether oxygens (including phenoxy) is 1. The van der Waals surface area contributed by atoms with Crippen molar-refractivity contribution in [2.45, 2.75) is 19.8 Å². The van der Waals surface area contributed by atoms with Gasteiger partial charge in [-0.05, 0) is 57.6 Å². The number of thiazole rings is 1. The Hall–Kier alpha value is -1.96. The number of hydrogen-bond acceptors (Lipinski definition) is 6. The van der Waals surface area contributed by atoms with Crippen LogP contribution in [-0.2, 0) is 11.2 Å². The second-order valence-electron chi connectivity index (χ2n) is 6.49. The van der Waals surface area contributed by atoms with Gasteiger partial charge in [-0.25, -0.2) is 4.98 Å². The summed E-state index contributed by atoms with van der Waals surface area (Å²) in [6.45, 7) is 4.14. The molecule has 0 saturated heterocycles. The highest BCUT2D eigenvalue weighted by molar-refractivity contribution is 7.22. The van der Waals surface area contributed by atoms with Gasteiger partial charge in [0.25, 0.3) is 0 Å². The second kappa shape index (κ2) is 9.30. The Morgan fingerprint density at radius 2 is 2.04 bits per heavy atom. The molecule has 1 aromatic carbocycles. The third kappa shape index (κ3) is 5.06. The van der Waals surface area contributed by atoms with E-state index in [-0.39, 0.29) is 5.91 Å². The van der Waals surface area contributed by atoms with Gasteiger partial charge in [0, 0.05) is 11.4 Å². The minimum atomic E-state index is 0.0909. The topological polar surface area (TPSA) is 45.7 Å². The van der Waals surface area contributed by atoms with Gasteiger partial charge in [-0.1, -0.05) is 23.5 Å². The molecule has 27 heavy (non-hydrogen) atoms. The highest BCUT2D eigenvalue weighted by atomic mass is 32.1. The lowest BCUT2D eigenvalue weighted by Gasteiger charge is -2.20. The maximum absolute atomic E-state index is 13.0. The van der Waals surface area contributed by atoms with Gasteiger partial charge in [-0.3, -0.25) is 9.69 Å². The molecule has 0 unspecified atom stereocenters. The molecule has 3 aromatic rings. The van der Waals surface area contributed by atoms with E-state index in [1.54, 1.807) is 22.7 Å². The number of hydrogen-bond donors (Lipinski definition) is 0. The second-order valence-corrected chi connectivity index (χ2v) is 8.53. The molecule has 0 aliphatic heterocycles. The van der Waals surface area contributed by atoms with Crippen LogP contribution in [0.3, 0.4) is 0 Å². The van der Waals surface area contributed by atoms with E-state index in [1.807, 2.05) is 61.6 Å². The SMILES string of the molecule is CCOc1cccc2sc(N(CCCN(C)C)C(=O)Cc3cccs3)nc12. The van der Waals surface area contributed by atoms with Gasteiger partial charge < -0.3 is 9.64 Å². The van der Waals surface area contributed by atoms with E-state index < -0.39 is 0 Å². The van der Waals surface area contributed by atoms with Crippen LogP contribution in [0.15, 0.2) is 35.7 Å². The molecule has 0 spiro atoms. The van der Waals surface area contributed by atoms with Crippen LogP contribution in [0.2, 0.25) is 0 Å². The lowest BCUT2D eigenvalue weighted by molar-refractivity contribution is -0.118. The van der Waals surface area contributed by atoms with Crippen LogP contribution in [0.4, 0.5) is 5.13 Å². The molecule has 3 rings (SSSR count). The number of fused-ring (bicyclic) bond motifs is 1. The van der Waals surface area contributed by atoms with Crippen LogP contribution >= 0.6 is 22.7 Å². The number of aromatic nitrogens is 1. The molecule has 144 valence electrons. The molecule has 0 aliphatic rings. The standard InChI is InChI=1S/C20H25N3O2S2/c1-4-25-16-9-5-10-17-19(16)21-20(27-17)23(12-7-11-22(2)3)18(24)14-15-8-6-13-26-15/h5-6,8-10,13H,4,7,11-12,14H2,1-3H3. The summed E-state index contributed by atoms with van der Waals surface area (Å²) in [5.74, 6) is 0.865. The smallest absolute Gasteiger partial charge is 0.234 e. The van der Waals surface area contributed by atoms with Crippen LogP contribution in [0.1, 0.15) is 18.2 Å². The van der Waals surface area contributed by atoms with E-state index in [0.29, 0.717) is 19.6 Å². The maximum Gasteiger partial charge on any atom is 0.234 e. The van der Waals surface area contributed by atoms with E-state index in [0.717, 1.165) is 38.9 Å². The Kier molecular flexibility index (Phi) is 6.82. The average molecular weight is 404 g/mol. The van der Waals surface area contributed by atoms with Crippen LogP contribution in [0.25, 0.3) is 10.2 Å². The van der Waals surface area contributed by atoms with E-state index in [1.165, 1.54) is 0 Å². The van der Waals surface area contributed by atoms with Crippen molar-refractivity contribution in [3.8, 4) is 5.75 Å². The van der Waals surface area contributed by atoms with Crippen LogP contribution < -0.4 is 9.64 Å². The van der Waals surface area contributed by atoms with Crippen molar-refractivity contribution in [1.29, 1.82) is 0 Å². The fourth-order valence-corrected chi connectivity index (χ4v) is 4.55. The van der Waals surface area contributed by atoms with E-state index in [4.69, 9.17) is 9.72 Å². The first-order valence-electron chi connectivity index (χ1n) is 9.08. The average Bonchev–Trinajstić information content (AvgIpc) is 3.28. The van der Waals surface area contributed by atoms with Gasteiger partial charge in [0.15, 0.2) is 5.13 Å². The van der Waals surface area contributed by atoms with Crippen molar-refractivity contribution >= 4 is 43.9 Å². The number of carbonyl (C=O) groups excluding carboxylic acids is 1. The normalized spacial score (nSPS) is 11.3. The first kappa shape index (κ1) is 19.8. The Labute approximate surface area is 168 Å². The van der Waals surface area contributed by atoms with Crippen molar-refractivity contribution in [3.05, 3.63) is 40.6 Å². The van der Waals surface area contributed by atoms with Gasteiger partial charge in [0.1, 0.15) is 11.3 Å². The fourth-order valence-electron chi connectivity index (χ4n) is 2.83. The molecule has 0 aliphatic carbocycles. The quantitative estimate of drug-likeness (QED) is 0.535. The van der Waals surface area contributed by atoms with Crippen molar-refractivity contribution in [1.82, 2.24) is 9.88 Å². The van der Waals surface area contributed by atoms with Crippen molar-refractivity contribution in [2.24, 2.45) is 0 Å². The number of rotatable bonds is 9. The minimum Gasteiger partial charge on any atom is -0.492 e. The predicted molar refractivity (Wildman–Crippen MR) is 114 cm³/mol. The fraction of sp³-hybridized carbons (Fsp3) is 0.400. The molecule has 5 nitrogen and oxygen atoms in total. The molecular formula is C20H25N3O2S2. The molecule has 0 bridgehead atoms. The van der Waals surface area contributed by atoms with Crippen LogP contribution in [-0.4, -0.2) is 49.6 Å². The number of benzene rings is 1. The van der Waals surface area contributed by atoms with Crippen LogP contribution in [0, 0.1) is 0 Å². The highest BCUT2D eigenvalue weighted by Crippen LogP contribution is 2.34. The largest absolute Gasteiger partial charge is 0.492 e. The zero-order valence-electron chi connectivity index (χ0n) is 16.0. The lowest BCUT2D eigenvalue weighted by Crippen LogP contribution is -2.34. The molecule has 0 atom stereocenters. The number of amides is 1. The Bertz CT molecular complexity index is 875. The molecule has 0 N–H and O–H groups in total. The summed E-state index contributed by atoms with van der Waals surface area (Å²) in [6.07, 6.45) is 1.31. The molecule has 2 heterocycles. The van der Waals surface area contributed by atoms with Gasteiger partial charge in [0.2, 0.25) is 5.91 Å². The highest BCUT2D eigenvalue weighted by Gasteiger charge is 2.21. The summed E-state index contributed by atoms with van der Waals surface area (Å²) in [4.78, 5) is 22.8. The first-order chi connectivity index (χ1) is 13.1. The summed E-state index contributed by atoms with van der Waals surface area (Å²) in [6, 6.07) is 9.92. The van der Waals surface area contributed by atoms with E-state index >= 15 is 0 Å². The van der Waals surface area contributed by atoms with Gasteiger partial charge >= 0.3 is 0 Å². The minimum absolute atomic E-state index is 0.0909. The molecule has 0 fully saturated rings. The van der Waals surface area contributed by atoms with Crippen LogP contribution in [0.5, 0.6) is 5.75 Å². The summed E-state index contributed by atoms with van der Waals surface area (Å²) >= 11 is 3.16. The Morgan fingerprint density at radius 3 is 2.74 bits per heavy atom. The summed E-state index contributed by atoms with van der Waals surface area (Å²) in [5.41, 5.74) is 0.834. The third-order valence-corrected chi connectivity index (χ3v) is 6.02. The monoisotopic (exact) mass is 403 g/mol.